The molecule has 0 radical (unpaired) electrons. The van der Waals surface area contributed by atoms with Crippen molar-refractivity contribution >= 4 is 34.2 Å². The molecule has 28 heavy (non-hydrogen) atoms. The average Bonchev–Trinajstić information content (AvgIpc) is 2.98. The molecule has 7 heteroatoms. The SMILES string of the molecule is Cc1nn(-c2cccc(Cl)c2F)c(C)c1C(=O)Nc1ccc2ccccc2n1. The molecule has 2 heterocycles. The van der Waals surface area contributed by atoms with E-state index in [4.69, 9.17) is 11.6 Å². The largest absolute Gasteiger partial charge is 0.306 e. The average molecular weight is 395 g/mol. The lowest BCUT2D eigenvalue weighted by atomic mass is 10.1. The number of nitrogens with zero attached hydrogens (tertiary/aromatic N) is 3. The first kappa shape index (κ1) is 18.1. The van der Waals surface area contributed by atoms with Crippen molar-refractivity contribution in [1.29, 1.82) is 0 Å². The van der Waals surface area contributed by atoms with Crippen LogP contribution in [-0.4, -0.2) is 20.7 Å². The highest BCUT2D eigenvalue weighted by molar-refractivity contribution is 6.30. The van der Waals surface area contributed by atoms with Crippen LogP contribution in [0.25, 0.3) is 16.6 Å². The van der Waals surface area contributed by atoms with Crippen molar-refractivity contribution < 1.29 is 9.18 Å². The Hall–Kier alpha value is -3.25. The van der Waals surface area contributed by atoms with Gasteiger partial charge in [-0.15, -0.1) is 0 Å². The molecule has 0 aliphatic heterocycles. The van der Waals surface area contributed by atoms with Gasteiger partial charge in [-0.25, -0.2) is 14.1 Å². The summed E-state index contributed by atoms with van der Waals surface area (Å²) in [5, 5.41) is 8.11. The van der Waals surface area contributed by atoms with Gasteiger partial charge in [-0.3, -0.25) is 4.79 Å². The number of carbonyl (C=O) groups is 1. The molecule has 140 valence electrons. The zero-order chi connectivity index (χ0) is 19.8. The molecule has 2 aromatic carbocycles. The number of fused-ring (bicyclic) bond motifs is 1. The molecule has 4 rings (SSSR count). The first-order valence-electron chi connectivity index (χ1n) is 8.63. The second kappa shape index (κ2) is 7.05. The Balaban J connectivity index is 1.69. The van der Waals surface area contributed by atoms with Crippen molar-refractivity contribution in [2.24, 2.45) is 0 Å². The maximum Gasteiger partial charge on any atom is 0.260 e. The van der Waals surface area contributed by atoms with Gasteiger partial charge in [0.05, 0.1) is 27.5 Å². The fraction of sp³-hybridized carbons (Fsp3) is 0.0952. The van der Waals surface area contributed by atoms with Gasteiger partial charge in [-0.1, -0.05) is 35.9 Å². The summed E-state index contributed by atoms with van der Waals surface area (Å²) in [6.07, 6.45) is 0. The first-order chi connectivity index (χ1) is 13.5. The zero-order valence-corrected chi connectivity index (χ0v) is 16.0. The molecule has 4 aromatic rings. The van der Waals surface area contributed by atoms with E-state index < -0.39 is 5.82 Å². The minimum Gasteiger partial charge on any atom is -0.306 e. The maximum atomic E-state index is 14.4. The number of pyridine rings is 1. The Kier molecular flexibility index (Phi) is 4.57. The van der Waals surface area contributed by atoms with Crippen molar-refractivity contribution in [2.75, 3.05) is 5.32 Å². The second-order valence-corrected chi connectivity index (χ2v) is 6.78. The number of carbonyl (C=O) groups excluding carboxylic acids is 1. The molecule has 2 aromatic heterocycles. The van der Waals surface area contributed by atoms with Crippen molar-refractivity contribution in [3.05, 3.63) is 82.4 Å². The van der Waals surface area contributed by atoms with Crippen molar-refractivity contribution in [3.8, 4) is 5.69 Å². The number of amides is 1. The van der Waals surface area contributed by atoms with E-state index in [9.17, 15) is 9.18 Å². The van der Waals surface area contributed by atoms with Crippen molar-refractivity contribution in [3.63, 3.8) is 0 Å². The number of hydrogen-bond acceptors (Lipinski definition) is 3. The predicted octanol–water partition coefficient (Wildman–Crippen LogP) is 5.08. The fourth-order valence-electron chi connectivity index (χ4n) is 3.18. The lowest BCUT2D eigenvalue weighted by Gasteiger charge is -2.08. The highest BCUT2D eigenvalue weighted by Crippen LogP contribution is 2.25. The molecular formula is C21H16ClFN4O. The predicted molar refractivity (Wildman–Crippen MR) is 108 cm³/mol. The van der Waals surface area contributed by atoms with E-state index in [1.807, 2.05) is 30.3 Å². The molecular weight excluding hydrogens is 379 g/mol. The van der Waals surface area contributed by atoms with Gasteiger partial charge in [-0.05, 0) is 44.2 Å². The molecule has 1 amide bonds. The molecule has 0 saturated heterocycles. The standard InChI is InChI=1S/C21H16ClFN4O/c1-12-19(13(2)27(26-12)17-9-5-7-15(22)20(17)23)21(28)25-18-11-10-14-6-3-4-8-16(14)24-18/h3-11H,1-2H3,(H,24,25,28). The smallest absolute Gasteiger partial charge is 0.260 e. The fourth-order valence-corrected chi connectivity index (χ4v) is 3.35. The molecule has 0 fully saturated rings. The van der Waals surface area contributed by atoms with Crippen molar-refractivity contribution in [1.82, 2.24) is 14.8 Å². The van der Waals surface area contributed by atoms with E-state index in [1.54, 1.807) is 32.0 Å². The van der Waals surface area contributed by atoms with Gasteiger partial charge in [0.1, 0.15) is 11.5 Å². The van der Waals surface area contributed by atoms with Crippen LogP contribution >= 0.6 is 11.6 Å². The molecule has 0 atom stereocenters. The number of aryl methyl sites for hydroxylation is 1. The lowest BCUT2D eigenvalue weighted by Crippen LogP contribution is -2.15. The zero-order valence-electron chi connectivity index (χ0n) is 15.2. The van der Waals surface area contributed by atoms with Crippen LogP contribution < -0.4 is 5.32 Å². The number of halogens is 2. The summed E-state index contributed by atoms with van der Waals surface area (Å²) < 4.78 is 15.8. The highest BCUT2D eigenvalue weighted by atomic mass is 35.5. The van der Waals surface area contributed by atoms with E-state index in [1.165, 1.54) is 10.7 Å². The van der Waals surface area contributed by atoms with Gasteiger partial charge in [0, 0.05) is 5.39 Å². The Morgan fingerprint density at radius 1 is 1.07 bits per heavy atom. The lowest BCUT2D eigenvalue weighted by molar-refractivity contribution is 0.102. The van der Waals surface area contributed by atoms with Crippen LogP contribution in [0.15, 0.2) is 54.6 Å². The number of para-hydroxylation sites is 1. The number of nitrogens with one attached hydrogen (secondary N) is 1. The summed E-state index contributed by atoms with van der Waals surface area (Å²) in [5.41, 5.74) is 2.34. The van der Waals surface area contributed by atoms with Gasteiger partial charge in [0.25, 0.3) is 5.91 Å². The van der Waals surface area contributed by atoms with E-state index >= 15 is 0 Å². The highest BCUT2D eigenvalue weighted by Gasteiger charge is 2.22. The normalized spacial score (nSPS) is 11.0. The van der Waals surface area contributed by atoms with Crippen LogP contribution in [0.5, 0.6) is 0 Å². The summed E-state index contributed by atoms with van der Waals surface area (Å²) in [7, 11) is 0. The van der Waals surface area contributed by atoms with Crippen LogP contribution in [0, 0.1) is 19.7 Å². The third kappa shape index (κ3) is 3.12. The summed E-state index contributed by atoms with van der Waals surface area (Å²) in [4.78, 5) is 17.3. The third-order valence-electron chi connectivity index (χ3n) is 4.52. The van der Waals surface area contributed by atoms with Crippen LogP contribution in [0.3, 0.4) is 0 Å². The van der Waals surface area contributed by atoms with Gasteiger partial charge in [0.2, 0.25) is 0 Å². The van der Waals surface area contributed by atoms with Crippen LogP contribution in [0.1, 0.15) is 21.7 Å². The second-order valence-electron chi connectivity index (χ2n) is 6.37. The Morgan fingerprint density at radius 3 is 2.68 bits per heavy atom. The first-order valence-corrected chi connectivity index (χ1v) is 9.01. The molecule has 0 saturated carbocycles. The molecule has 5 nitrogen and oxygen atoms in total. The summed E-state index contributed by atoms with van der Waals surface area (Å²) in [5.74, 6) is -0.506. The third-order valence-corrected chi connectivity index (χ3v) is 4.81. The Bertz CT molecular complexity index is 1220. The number of hydrogen-bond donors (Lipinski definition) is 1. The minimum absolute atomic E-state index is 0.00332. The van der Waals surface area contributed by atoms with Crippen LogP contribution in [-0.2, 0) is 0 Å². The van der Waals surface area contributed by atoms with E-state index in [0.717, 1.165) is 10.9 Å². The molecule has 0 aliphatic rings. The summed E-state index contributed by atoms with van der Waals surface area (Å²) in [6.45, 7) is 3.41. The summed E-state index contributed by atoms with van der Waals surface area (Å²) >= 11 is 5.88. The number of benzene rings is 2. The van der Waals surface area contributed by atoms with Gasteiger partial charge < -0.3 is 5.32 Å². The van der Waals surface area contributed by atoms with Crippen LogP contribution in [0.4, 0.5) is 10.2 Å². The van der Waals surface area contributed by atoms with E-state index in [2.05, 4.69) is 15.4 Å². The number of anilines is 1. The Labute approximate surface area is 165 Å². The Morgan fingerprint density at radius 2 is 1.86 bits per heavy atom. The number of rotatable bonds is 3. The quantitative estimate of drug-likeness (QED) is 0.527. The molecule has 1 N–H and O–H groups in total. The van der Waals surface area contributed by atoms with Crippen molar-refractivity contribution in [2.45, 2.75) is 13.8 Å². The molecule has 0 bridgehead atoms. The topological polar surface area (TPSA) is 59.8 Å². The van der Waals surface area contributed by atoms with Gasteiger partial charge >= 0.3 is 0 Å². The molecule has 0 aliphatic carbocycles. The minimum atomic E-state index is -0.585. The molecule has 0 spiro atoms. The maximum absolute atomic E-state index is 14.4. The van der Waals surface area contributed by atoms with E-state index in [-0.39, 0.29) is 16.6 Å². The molecule has 0 unspecified atom stereocenters. The van der Waals surface area contributed by atoms with Gasteiger partial charge in [0.15, 0.2) is 5.82 Å². The van der Waals surface area contributed by atoms with Crippen LogP contribution in [0.2, 0.25) is 5.02 Å². The monoisotopic (exact) mass is 394 g/mol. The van der Waals surface area contributed by atoms with Gasteiger partial charge in [-0.2, -0.15) is 5.10 Å². The van der Waals surface area contributed by atoms with E-state index in [0.29, 0.717) is 22.8 Å². The summed E-state index contributed by atoms with van der Waals surface area (Å²) in [6, 6.07) is 15.9. The number of aromatic nitrogens is 3.